The van der Waals surface area contributed by atoms with Crippen molar-refractivity contribution in [2.24, 2.45) is 11.8 Å². The smallest absolute Gasteiger partial charge is 0.0487 e. The topological polar surface area (TPSA) is 38.7 Å². The van der Waals surface area contributed by atoms with Gasteiger partial charge in [-0.3, -0.25) is 0 Å². The third kappa shape index (κ3) is 5.28. The van der Waals surface area contributed by atoms with Gasteiger partial charge in [0.25, 0.3) is 0 Å². The standard InChI is InChI=1S/C13H26O3/c1-15-8-4-9-16-10-7-13(11-14)12-5-2-3-6-12/h12-14H,2-11H2,1H3. The highest BCUT2D eigenvalue weighted by Gasteiger charge is 2.23. The van der Waals surface area contributed by atoms with Gasteiger partial charge < -0.3 is 14.6 Å². The number of methoxy groups -OCH3 is 1. The molecule has 1 saturated carbocycles. The molecule has 0 aromatic heterocycles. The summed E-state index contributed by atoms with van der Waals surface area (Å²) in [7, 11) is 1.71. The summed E-state index contributed by atoms with van der Waals surface area (Å²) in [5.74, 6) is 1.21. The second kappa shape index (κ2) is 8.97. The molecule has 0 bridgehead atoms. The maximum Gasteiger partial charge on any atom is 0.0487 e. The van der Waals surface area contributed by atoms with E-state index < -0.39 is 0 Å². The van der Waals surface area contributed by atoms with Crippen LogP contribution in [0.4, 0.5) is 0 Å². The van der Waals surface area contributed by atoms with Gasteiger partial charge in [-0.2, -0.15) is 0 Å². The van der Waals surface area contributed by atoms with E-state index in [1.807, 2.05) is 0 Å². The summed E-state index contributed by atoms with van der Waals surface area (Å²) in [4.78, 5) is 0. The lowest BCUT2D eigenvalue weighted by atomic mass is 9.89. The maximum absolute atomic E-state index is 9.35. The fourth-order valence-electron chi connectivity index (χ4n) is 2.55. The summed E-state index contributed by atoms with van der Waals surface area (Å²) in [5.41, 5.74) is 0. The lowest BCUT2D eigenvalue weighted by Crippen LogP contribution is -2.18. The van der Waals surface area contributed by atoms with Crippen molar-refractivity contribution in [3.8, 4) is 0 Å². The van der Waals surface area contributed by atoms with Crippen molar-refractivity contribution in [1.82, 2.24) is 0 Å². The molecule has 0 heterocycles. The van der Waals surface area contributed by atoms with Crippen LogP contribution in [0.3, 0.4) is 0 Å². The Morgan fingerprint density at radius 1 is 1.19 bits per heavy atom. The zero-order valence-corrected chi connectivity index (χ0v) is 10.5. The fraction of sp³-hybridized carbons (Fsp3) is 1.00. The first-order valence-corrected chi connectivity index (χ1v) is 6.56. The minimum absolute atomic E-state index is 0.325. The van der Waals surface area contributed by atoms with Crippen molar-refractivity contribution in [1.29, 1.82) is 0 Å². The normalized spacial score (nSPS) is 19.1. The highest BCUT2D eigenvalue weighted by Crippen LogP contribution is 2.32. The average Bonchev–Trinajstić information content (AvgIpc) is 2.82. The van der Waals surface area contributed by atoms with Gasteiger partial charge in [-0.1, -0.05) is 25.7 Å². The first-order chi connectivity index (χ1) is 7.88. The molecule has 0 spiro atoms. The number of aliphatic hydroxyl groups is 1. The van der Waals surface area contributed by atoms with Crippen molar-refractivity contribution < 1.29 is 14.6 Å². The summed E-state index contributed by atoms with van der Waals surface area (Å²) in [6, 6.07) is 0. The molecule has 0 radical (unpaired) electrons. The van der Waals surface area contributed by atoms with Crippen molar-refractivity contribution >= 4 is 0 Å². The molecule has 3 nitrogen and oxygen atoms in total. The first kappa shape index (κ1) is 13.9. The molecule has 0 aromatic rings. The molecule has 1 fully saturated rings. The minimum Gasteiger partial charge on any atom is -0.396 e. The SMILES string of the molecule is COCCCOCCC(CO)C1CCCC1. The Morgan fingerprint density at radius 3 is 2.56 bits per heavy atom. The van der Waals surface area contributed by atoms with Crippen LogP contribution in [-0.2, 0) is 9.47 Å². The first-order valence-electron chi connectivity index (χ1n) is 6.56. The Bertz CT molecular complexity index is 155. The van der Waals surface area contributed by atoms with Gasteiger partial charge in [-0.25, -0.2) is 0 Å². The Hall–Kier alpha value is -0.120. The van der Waals surface area contributed by atoms with E-state index >= 15 is 0 Å². The quantitative estimate of drug-likeness (QED) is 0.617. The van der Waals surface area contributed by atoms with Crippen LogP contribution in [0, 0.1) is 11.8 Å². The molecule has 0 aliphatic heterocycles. The third-order valence-corrected chi connectivity index (χ3v) is 3.57. The molecule has 16 heavy (non-hydrogen) atoms. The number of rotatable bonds is 9. The zero-order chi connectivity index (χ0) is 11.6. The van der Waals surface area contributed by atoms with Crippen LogP contribution in [0.5, 0.6) is 0 Å². The van der Waals surface area contributed by atoms with E-state index in [1.165, 1.54) is 25.7 Å². The van der Waals surface area contributed by atoms with Crippen LogP contribution < -0.4 is 0 Å². The van der Waals surface area contributed by atoms with Crippen LogP contribution in [0.1, 0.15) is 38.5 Å². The van der Waals surface area contributed by atoms with E-state index in [4.69, 9.17) is 9.47 Å². The Balaban J connectivity index is 2.00. The lowest BCUT2D eigenvalue weighted by Gasteiger charge is -2.20. The van der Waals surface area contributed by atoms with Gasteiger partial charge >= 0.3 is 0 Å². The Morgan fingerprint density at radius 2 is 1.94 bits per heavy atom. The summed E-state index contributed by atoms with van der Waals surface area (Å²) in [5, 5.41) is 9.35. The summed E-state index contributed by atoms with van der Waals surface area (Å²) >= 11 is 0. The summed E-state index contributed by atoms with van der Waals surface area (Å²) in [6.45, 7) is 2.65. The second-order valence-corrected chi connectivity index (χ2v) is 4.73. The number of hydrogen-bond acceptors (Lipinski definition) is 3. The summed E-state index contributed by atoms with van der Waals surface area (Å²) < 4.78 is 10.5. The zero-order valence-electron chi connectivity index (χ0n) is 10.5. The Kier molecular flexibility index (Phi) is 7.81. The molecule has 1 unspecified atom stereocenters. The molecular weight excluding hydrogens is 204 g/mol. The van der Waals surface area contributed by atoms with Gasteiger partial charge in [0.1, 0.15) is 0 Å². The van der Waals surface area contributed by atoms with Gasteiger partial charge in [0, 0.05) is 33.5 Å². The molecule has 0 saturated heterocycles. The second-order valence-electron chi connectivity index (χ2n) is 4.73. The van der Waals surface area contributed by atoms with E-state index in [2.05, 4.69) is 0 Å². The molecule has 1 N–H and O–H groups in total. The molecule has 96 valence electrons. The monoisotopic (exact) mass is 230 g/mol. The molecule has 1 aliphatic carbocycles. The molecule has 0 amide bonds. The van der Waals surface area contributed by atoms with Crippen molar-refractivity contribution in [2.45, 2.75) is 38.5 Å². The van der Waals surface area contributed by atoms with Crippen molar-refractivity contribution in [2.75, 3.05) is 33.5 Å². The van der Waals surface area contributed by atoms with E-state index in [9.17, 15) is 5.11 Å². The molecule has 3 heteroatoms. The predicted octanol–water partition coefficient (Wildman–Crippen LogP) is 2.23. The van der Waals surface area contributed by atoms with Crippen molar-refractivity contribution in [3.63, 3.8) is 0 Å². The van der Waals surface area contributed by atoms with E-state index in [-0.39, 0.29) is 0 Å². The molecule has 1 aliphatic rings. The van der Waals surface area contributed by atoms with Gasteiger partial charge in [0.05, 0.1) is 0 Å². The van der Waals surface area contributed by atoms with Crippen LogP contribution in [0.2, 0.25) is 0 Å². The molecule has 1 rings (SSSR count). The number of aliphatic hydroxyl groups excluding tert-OH is 1. The van der Waals surface area contributed by atoms with Crippen LogP contribution in [0.25, 0.3) is 0 Å². The van der Waals surface area contributed by atoms with Crippen LogP contribution in [0.15, 0.2) is 0 Å². The maximum atomic E-state index is 9.35. The largest absolute Gasteiger partial charge is 0.396 e. The minimum atomic E-state index is 0.325. The highest BCUT2D eigenvalue weighted by molar-refractivity contribution is 4.74. The van der Waals surface area contributed by atoms with Gasteiger partial charge in [-0.05, 0) is 24.7 Å². The van der Waals surface area contributed by atoms with E-state index in [1.54, 1.807) is 7.11 Å². The molecule has 1 atom stereocenters. The van der Waals surface area contributed by atoms with Gasteiger partial charge in [0.2, 0.25) is 0 Å². The number of hydrogen-bond donors (Lipinski definition) is 1. The average molecular weight is 230 g/mol. The highest BCUT2D eigenvalue weighted by atomic mass is 16.5. The summed E-state index contributed by atoms with van der Waals surface area (Å²) in [6.07, 6.45) is 7.26. The van der Waals surface area contributed by atoms with Crippen molar-refractivity contribution in [3.05, 3.63) is 0 Å². The fourth-order valence-corrected chi connectivity index (χ4v) is 2.55. The predicted molar refractivity (Wildman–Crippen MR) is 64.5 cm³/mol. The lowest BCUT2D eigenvalue weighted by molar-refractivity contribution is 0.0743. The molecule has 0 aromatic carbocycles. The van der Waals surface area contributed by atoms with E-state index in [0.29, 0.717) is 12.5 Å². The number of ether oxygens (including phenoxy) is 2. The van der Waals surface area contributed by atoms with E-state index in [0.717, 1.165) is 38.6 Å². The molecular formula is C13H26O3. The van der Waals surface area contributed by atoms with Crippen LogP contribution >= 0.6 is 0 Å². The van der Waals surface area contributed by atoms with Gasteiger partial charge in [0.15, 0.2) is 0 Å². The van der Waals surface area contributed by atoms with Gasteiger partial charge in [-0.15, -0.1) is 0 Å². The Labute approximate surface area is 99.1 Å². The third-order valence-electron chi connectivity index (χ3n) is 3.57. The van der Waals surface area contributed by atoms with Crippen LogP contribution in [-0.4, -0.2) is 38.6 Å².